The quantitative estimate of drug-likeness (QED) is 0.418. The van der Waals surface area contributed by atoms with Gasteiger partial charge in [-0.3, -0.25) is 9.36 Å². The van der Waals surface area contributed by atoms with Crippen LogP contribution in [0.2, 0.25) is 5.02 Å². The summed E-state index contributed by atoms with van der Waals surface area (Å²) in [5, 5.41) is 12.7. The number of aromatic nitrogens is 7. The summed E-state index contributed by atoms with van der Waals surface area (Å²) in [4.78, 5) is 21.6. The molecular formula is C21H16ClN7O2. The van der Waals surface area contributed by atoms with E-state index in [9.17, 15) is 4.79 Å². The third-order valence-corrected chi connectivity index (χ3v) is 5.11. The van der Waals surface area contributed by atoms with Gasteiger partial charge in [-0.25, -0.2) is 4.98 Å². The van der Waals surface area contributed by atoms with Gasteiger partial charge in [0.2, 0.25) is 11.7 Å². The van der Waals surface area contributed by atoms with Crippen molar-refractivity contribution in [3.63, 3.8) is 0 Å². The molecule has 0 spiro atoms. The zero-order chi connectivity index (χ0) is 21.4. The van der Waals surface area contributed by atoms with Crippen LogP contribution in [-0.2, 0) is 13.0 Å². The van der Waals surface area contributed by atoms with Crippen molar-refractivity contribution in [1.82, 2.24) is 34.7 Å². The van der Waals surface area contributed by atoms with Crippen molar-refractivity contribution in [3.8, 4) is 17.1 Å². The molecule has 5 aromatic rings. The monoisotopic (exact) mass is 433 g/mol. The first kappa shape index (κ1) is 19.1. The first-order valence-corrected chi connectivity index (χ1v) is 9.99. The first-order valence-electron chi connectivity index (χ1n) is 9.61. The summed E-state index contributed by atoms with van der Waals surface area (Å²) < 4.78 is 8.20. The Kier molecular flexibility index (Phi) is 4.79. The van der Waals surface area contributed by atoms with Crippen molar-refractivity contribution in [1.29, 1.82) is 0 Å². The van der Waals surface area contributed by atoms with E-state index in [4.69, 9.17) is 16.1 Å². The minimum absolute atomic E-state index is 0.0629. The Morgan fingerprint density at radius 3 is 2.74 bits per heavy atom. The fraction of sp³-hybridized carbons (Fsp3) is 0.143. The molecule has 0 aliphatic carbocycles. The number of hydrogen-bond donors (Lipinski definition) is 0. The molecule has 0 fully saturated rings. The molecule has 0 saturated heterocycles. The van der Waals surface area contributed by atoms with Crippen LogP contribution in [0.25, 0.3) is 28.2 Å². The molecule has 0 N–H and O–H groups in total. The van der Waals surface area contributed by atoms with Crippen molar-refractivity contribution in [2.24, 2.45) is 0 Å². The van der Waals surface area contributed by atoms with Crippen LogP contribution in [0.5, 0.6) is 0 Å². The zero-order valence-corrected chi connectivity index (χ0v) is 17.2. The van der Waals surface area contributed by atoms with E-state index in [0.29, 0.717) is 16.5 Å². The number of rotatable bonds is 5. The van der Waals surface area contributed by atoms with Gasteiger partial charge in [0.05, 0.1) is 5.69 Å². The minimum atomic E-state index is -0.344. The molecule has 5 rings (SSSR count). The Bertz CT molecular complexity index is 1440. The maximum Gasteiger partial charge on any atom is 0.284 e. The molecule has 0 aliphatic rings. The summed E-state index contributed by atoms with van der Waals surface area (Å²) >= 11 is 6.01. The van der Waals surface area contributed by atoms with Gasteiger partial charge in [-0.2, -0.15) is 9.67 Å². The highest BCUT2D eigenvalue weighted by molar-refractivity contribution is 6.30. The molecule has 9 nitrogen and oxygen atoms in total. The molecule has 3 heterocycles. The lowest BCUT2D eigenvalue weighted by Crippen LogP contribution is -2.21. The number of fused-ring (bicyclic) bond motifs is 1. The predicted octanol–water partition coefficient (Wildman–Crippen LogP) is 3.29. The number of halogens is 1. The Morgan fingerprint density at radius 2 is 1.97 bits per heavy atom. The van der Waals surface area contributed by atoms with E-state index < -0.39 is 0 Å². The average Bonchev–Trinajstić information content (AvgIpc) is 3.43. The number of hydrogen-bond acceptors (Lipinski definition) is 7. The second-order valence-electron chi connectivity index (χ2n) is 6.89. The number of benzene rings is 2. The molecule has 2 aromatic carbocycles. The Labute approximate surface area is 180 Å². The molecular weight excluding hydrogens is 418 g/mol. The van der Waals surface area contributed by atoms with E-state index in [1.54, 1.807) is 22.9 Å². The van der Waals surface area contributed by atoms with Crippen molar-refractivity contribution >= 4 is 22.8 Å². The van der Waals surface area contributed by atoms with Crippen LogP contribution >= 0.6 is 11.6 Å². The van der Waals surface area contributed by atoms with Gasteiger partial charge in [0.25, 0.3) is 5.56 Å². The lowest BCUT2D eigenvalue weighted by atomic mass is 10.1. The number of aryl methyl sites for hydroxylation is 1. The fourth-order valence-corrected chi connectivity index (χ4v) is 3.40. The van der Waals surface area contributed by atoms with Crippen LogP contribution in [0.15, 0.2) is 64.2 Å². The molecule has 3 aromatic heterocycles. The summed E-state index contributed by atoms with van der Waals surface area (Å²) in [7, 11) is 0. The van der Waals surface area contributed by atoms with Gasteiger partial charge >= 0.3 is 0 Å². The summed E-state index contributed by atoms with van der Waals surface area (Å²) in [6.07, 6.45) is 2.37. The van der Waals surface area contributed by atoms with Crippen molar-refractivity contribution in [3.05, 3.63) is 81.7 Å². The van der Waals surface area contributed by atoms with Gasteiger partial charge in [0.15, 0.2) is 11.2 Å². The van der Waals surface area contributed by atoms with Crippen LogP contribution in [0.4, 0.5) is 0 Å². The Hall–Kier alpha value is -3.85. The lowest BCUT2D eigenvalue weighted by molar-refractivity contribution is 0.369. The molecule has 0 unspecified atom stereocenters. The molecule has 0 aliphatic heterocycles. The van der Waals surface area contributed by atoms with Crippen molar-refractivity contribution in [2.75, 3.05) is 0 Å². The Morgan fingerprint density at radius 1 is 1.13 bits per heavy atom. The predicted molar refractivity (Wildman–Crippen MR) is 114 cm³/mol. The SMILES string of the molecule is CCc1ccc(-n2nnc3c(=O)n(Cc4nc(-c5cccc(Cl)c5)no4)cnc32)cc1. The maximum absolute atomic E-state index is 12.9. The summed E-state index contributed by atoms with van der Waals surface area (Å²) in [6, 6.07) is 15.0. The highest BCUT2D eigenvalue weighted by atomic mass is 35.5. The van der Waals surface area contributed by atoms with E-state index in [0.717, 1.165) is 17.7 Å². The van der Waals surface area contributed by atoms with Crippen molar-refractivity contribution < 1.29 is 4.52 Å². The molecule has 31 heavy (non-hydrogen) atoms. The molecule has 154 valence electrons. The second-order valence-corrected chi connectivity index (χ2v) is 7.33. The normalized spacial score (nSPS) is 11.3. The zero-order valence-electron chi connectivity index (χ0n) is 16.4. The number of nitrogens with zero attached hydrogens (tertiary/aromatic N) is 7. The molecule has 0 amide bonds. The van der Waals surface area contributed by atoms with E-state index in [2.05, 4.69) is 32.4 Å². The molecule has 10 heteroatoms. The van der Waals surface area contributed by atoms with Gasteiger partial charge in [0.1, 0.15) is 12.9 Å². The highest BCUT2D eigenvalue weighted by Crippen LogP contribution is 2.20. The summed E-state index contributed by atoms with van der Waals surface area (Å²) in [6.45, 7) is 2.15. The van der Waals surface area contributed by atoms with Crippen LogP contribution in [-0.4, -0.2) is 34.7 Å². The van der Waals surface area contributed by atoms with Crippen LogP contribution in [0.3, 0.4) is 0 Å². The van der Waals surface area contributed by atoms with E-state index in [1.165, 1.54) is 16.5 Å². The van der Waals surface area contributed by atoms with Gasteiger partial charge < -0.3 is 4.52 Å². The van der Waals surface area contributed by atoms with E-state index in [-0.39, 0.29) is 23.5 Å². The topological polar surface area (TPSA) is 105 Å². The maximum atomic E-state index is 12.9. The van der Waals surface area contributed by atoms with Gasteiger partial charge in [-0.15, -0.1) is 5.10 Å². The third kappa shape index (κ3) is 3.59. The Balaban J connectivity index is 1.45. The molecule has 0 saturated carbocycles. The van der Waals surface area contributed by atoms with Gasteiger partial charge in [-0.05, 0) is 36.2 Å². The molecule has 0 bridgehead atoms. The van der Waals surface area contributed by atoms with Crippen LogP contribution < -0.4 is 5.56 Å². The first-order chi connectivity index (χ1) is 15.1. The average molecular weight is 434 g/mol. The largest absolute Gasteiger partial charge is 0.337 e. The molecule has 0 atom stereocenters. The second kappa shape index (κ2) is 7.77. The van der Waals surface area contributed by atoms with E-state index in [1.807, 2.05) is 30.3 Å². The lowest BCUT2D eigenvalue weighted by Gasteiger charge is -2.04. The highest BCUT2D eigenvalue weighted by Gasteiger charge is 2.16. The van der Waals surface area contributed by atoms with Crippen LogP contribution in [0, 0.1) is 0 Å². The van der Waals surface area contributed by atoms with E-state index >= 15 is 0 Å². The molecule has 0 radical (unpaired) electrons. The summed E-state index contributed by atoms with van der Waals surface area (Å²) in [5.41, 5.74) is 2.92. The van der Waals surface area contributed by atoms with Gasteiger partial charge in [0, 0.05) is 10.6 Å². The minimum Gasteiger partial charge on any atom is -0.337 e. The summed E-state index contributed by atoms with van der Waals surface area (Å²) in [5.74, 6) is 0.654. The third-order valence-electron chi connectivity index (χ3n) is 4.88. The van der Waals surface area contributed by atoms with Crippen LogP contribution in [0.1, 0.15) is 18.4 Å². The van der Waals surface area contributed by atoms with Gasteiger partial charge in [-0.1, -0.05) is 53.2 Å². The smallest absolute Gasteiger partial charge is 0.284 e. The standard InChI is InChI=1S/C21H16ClN7O2/c1-2-13-6-8-16(9-7-13)29-20-18(25-27-29)21(30)28(12-23-20)11-17-24-19(26-31-17)14-4-3-5-15(22)10-14/h3-10,12H,2,11H2,1H3. The van der Waals surface area contributed by atoms with Crippen molar-refractivity contribution in [2.45, 2.75) is 19.9 Å². The fourth-order valence-electron chi connectivity index (χ4n) is 3.21.